The van der Waals surface area contributed by atoms with E-state index in [1.54, 1.807) is 12.7 Å². The maximum absolute atomic E-state index is 10.8. The van der Waals surface area contributed by atoms with Crippen LogP contribution in [0, 0.1) is 5.92 Å². The van der Waals surface area contributed by atoms with E-state index in [4.69, 9.17) is 5.11 Å². The molecule has 1 saturated carbocycles. The Morgan fingerprint density at radius 3 is 2.71 bits per heavy atom. The van der Waals surface area contributed by atoms with Crippen LogP contribution in [0.15, 0.2) is 12.7 Å². The zero-order valence-electron chi connectivity index (χ0n) is 7.83. The zero-order valence-corrected chi connectivity index (χ0v) is 7.83. The summed E-state index contributed by atoms with van der Waals surface area (Å²) in [7, 11) is 0. The number of aliphatic carboxylic acids is 1. The van der Waals surface area contributed by atoms with Crippen LogP contribution in [0.25, 0.3) is 0 Å². The van der Waals surface area contributed by atoms with E-state index in [1.165, 1.54) is 0 Å². The molecule has 0 aliphatic heterocycles. The maximum Gasteiger partial charge on any atom is 0.306 e. The number of carbonyl (C=O) groups is 1. The molecule has 1 heterocycles. The number of carboxylic acid groups (broad SMARTS) is 1. The summed E-state index contributed by atoms with van der Waals surface area (Å²) in [5.41, 5.74) is 0. The number of aromatic nitrogens is 3. The molecule has 1 aromatic heterocycles. The maximum atomic E-state index is 10.8. The summed E-state index contributed by atoms with van der Waals surface area (Å²) in [6, 6.07) is 0.264. The van der Waals surface area contributed by atoms with Gasteiger partial charge < -0.3 is 9.67 Å². The zero-order chi connectivity index (χ0) is 9.97. The van der Waals surface area contributed by atoms with Gasteiger partial charge in [-0.05, 0) is 19.3 Å². The van der Waals surface area contributed by atoms with Crippen LogP contribution in [0.1, 0.15) is 31.7 Å². The predicted molar refractivity (Wildman–Crippen MR) is 48.7 cm³/mol. The standard InChI is InChI=1S/C9H13N3O2/c13-9(14)7-2-1-3-8(4-7)12-5-10-11-6-12/h5-8H,1-4H2,(H,13,14). The summed E-state index contributed by atoms with van der Waals surface area (Å²) in [5.74, 6) is -0.876. The van der Waals surface area contributed by atoms with Crippen molar-refractivity contribution in [3.8, 4) is 0 Å². The summed E-state index contributed by atoms with van der Waals surface area (Å²) >= 11 is 0. The first-order chi connectivity index (χ1) is 6.77. The number of hydrogen-bond donors (Lipinski definition) is 1. The first kappa shape index (κ1) is 9.18. The van der Waals surface area contributed by atoms with Crippen LogP contribution in [0.5, 0.6) is 0 Å². The van der Waals surface area contributed by atoms with Gasteiger partial charge in [0.05, 0.1) is 5.92 Å². The second-order valence-corrected chi connectivity index (χ2v) is 3.76. The van der Waals surface area contributed by atoms with E-state index < -0.39 is 5.97 Å². The van der Waals surface area contributed by atoms with E-state index in [0.717, 1.165) is 19.3 Å². The highest BCUT2D eigenvalue weighted by Crippen LogP contribution is 2.32. The van der Waals surface area contributed by atoms with Crippen molar-refractivity contribution >= 4 is 5.97 Å². The molecule has 5 nitrogen and oxygen atoms in total. The molecule has 0 bridgehead atoms. The van der Waals surface area contributed by atoms with Gasteiger partial charge in [-0.25, -0.2) is 0 Å². The summed E-state index contributed by atoms with van der Waals surface area (Å²) in [4.78, 5) is 10.8. The van der Waals surface area contributed by atoms with Crippen molar-refractivity contribution in [1.82, 2.24) is 14.8 Å². The van der Waals surface area contributed by atoms with Gasteiger partial charge in [-0.15, -0.1) is 10.2 Å². The summed E-state index contributed by atoms with van der Waals surface area (Å²) in [6.45, 7) is 0. The molecule has 1 fully saturated rings. The topological polar surface area (TPSA) is 68.0 Å². The molecule has 5 heteroatoms. The van der Waals surface area contributed by atoms with Gasteiger partial charge in [0.25, 0.3) is 0 Å². The van der Waals surface area contributed by atoms with E-state index in [1.807, 2.05) is 4.57 Å². The van der Waals surface area contributed by atoms with Gasteiger partial charge in [0.2, 0.25) is 0 Å². The molecule has 14 heavy (non-hydrogen) atoms. The van der Waals surface area contributed by atoms with Crippen molar-refractivity contribution in [2.45, 2.75) is 31.7 Å². The lowest BCUT2D eigenvalue weighted by Crippen LogP contribution is -2.24. The number of carboxylic acids is 1. The molecular formula is C9H13N3O2. The second-order valence-electron chi connectivity index (χ2n) is 3.76. The minimum atomic E-state index is -0.678. The van der Waals surface area contributed by atoms with Crippen LogP contribution in [0.3, 0.4) is 0 Å². The van der Waals surface area contributed by atoms with Gasteiger partial charge in [0, 0.05) is 6.04 Å². The van der Waals surface area contributed by atoms with Crippen LogP contribution in [0.2, 0.25) is 0 Å². The Balaban J connectivity index is 2.04. The molecule has 1 aromatic rings. The Morgan fingerprint density at radius 1 is 1.36 bits per heavy atom. The van der Waals surface area contributed by atoms with Crippen LogP contribution < -0.4 is 0 Å². The third-order valence-electron chi connectivity index (χ3n) is 2.85. The van der Waals surface area contributed by atoms with E-state index in [0.29, 0.717) is 6.42 Å². The third kappa shape index (κ3) is 1.76. The van der Waals surface area contributed by atoms with Crippen molar-refractivity contribution in [3.05, 3.63) is 12.7 Å². The van der Waals surface area contributed by atoms with E-state index >= 15 is 0 Å². The minimum Gasteiger partial charge on any atom is -0.481 e. The van der Waals surface area contributed by atoms with Crippen LogP contribution >= 0.6 is 0 Å². The molecule has 0 aromatic carbocycles. The Morgan fingerprint density at radius 2 is 2.07 bits per heavy atom. The van der Waals surface area contributed by atoms with Crippen molar-refractivity contribution in [3.63, 3.8) is 0 Å². The fraction of sp³-hybridized carbons (Fsp3) is 0.667. The fourth-order valence-electron chi connectivity index (χ4n) is 2.06. The van der Waals surface area contributed by atoms with Gasteiger partial charge >= 0.3 is 5.97 Å². The average Bonchev–Trinajstić information content (AvgIpc) is 2.71. The molecule has 2 rings (SSSR count). The second kappa shape index (κ2) is 3.77. The normalized spacial score (nSPS) is 27.4. The molecule has 0 radical (unpaired) electrons. The fourth-order valence-corrected chi connectivity index (χ4v) is 2.06. The monoisotopic (exact) mass is 195 g/mol. The molecule has 2 unspecified atom stereocenters. The molecule has 2 atom stereocenters. The van der Waals surface area contributed by atoms with E-state index in [-0.39, 0.29) is 12.0 Å². The first-order valence-corrected chi connectivity index (χ1v) is 4.84. The lowest BCUT2D eigenvalue weighted by atomic mass is 9.86. The largest absolute Gasteiger partial charge is 0.481 e. The van der Waals surface area contributed by atoms with E-state index in [2.05, 4.69) is 10.2 Å². The van der Waals surface area contributed by atoms with Crippen molar-refractivity contribution < 1.29 is 9.90 Å². The van der Waals surface area contributed by atoms with Crippen LogP contribution in [-0.2, 0) is 4.79 Å². The highest BCUT2D eigenvalue weighted by Gasteiger charge is 2.27. The van der Waals surface area contributed by atoms with Gasteiger partial charge in [-0.2, -0.15) is 0 Å². The molecule has 1 aliphatic rings. The lowest BCUT2D eigenvalue weighted by Gasteiger charge is -2.26. The first-order valence-electron chi connectivity index (χ1n) is 4.84. The average molecular weight is 195 g/mol. The smallest absolute Gasteiger partial charge is 0.306 e. The third-order valence-corrected chi connectivity index (χ3v) is 2.85. The molecule has 0 spiro atoms. The molecule has 76 valence electrons. The van der Waals surface area contributed by atoms with E-state index in [9.17, 15) is 4.79 Å². The Hall–Kier alpha value is -1.39. The van der Waals surface area contributed by atoms with Crippen molar-refractivity contribution in [2.24, 2.45) is 5.92 Å². The summed E-state index contributed by atoms with van der Waals surface area (Å²) < 4.78 is 1.91. The lowest BCUT2D eigenvalue weighted by molar-refractivity contribution is -0.143. The Labute approximate surface area is 81.8 Å². The van der Waals surface area contributed by atoms with Crippen molar-refractivity contribution in [1.29, 1.82) is 0 Å². The molecule has 1 aliphatic carbocycles. The summed E-state index contributed by atoms with van der Waals surface area (Å²) in [5, 5.41) is 16.4. The predicted octanol–water partition coefficient (Wildman–Crippen LogP) is 1.09. The van der Waals surface area contributed by atoms with Gasteiger partial charge in [0.1, 0.15) is 12.7 Å². The Kier molecular flexibility index (Phi) is 2.47. The van der Waals surface area contributed by atoms with Gasteiger partial charge in [-0.1, -0.05) is 6.42 Å². The van der Waals surface area contributed by atoms with Crippen LogP contribution in [0.4, 0.5) is 0 Å². The minimum absolute atomic E-state index is 0.198. The van der Waals surface area contributed by atoms with Gasteiger partial charge in [0.15, 0.2) is 0 Å². The highest BCUT2D eigenvalue weighted by molar-refractivity contribution is 5.70. The molecule has 0 saturated heterocycles. The Bertz CT molecular complexity index is 310. The highest BCUT2D eigenvalue weighted by atomic mass is 16.4. The molecular weight excluding hydrogens is 182 g/mol. The SMILES string of the molecule is O=C(O)C1CCCC(n2cnnc2)C1. The number of nitrogens with zero attached hydrogens (tertiary/aromatic N) is 3. The quantitative estimate of drug-likeness (QED) is 0.767. The van der Waals surface area contributed by atoms with Gasteiger partial charge in [-0.3, -0.25) is 4.79 Å². The van der Waals surface area contributed by atoms with Crippen LogP contribution in [-0.4, -0.2) is 25.8 Å². The number of hydrogen-bond acceptors (Lipinski definition) is 3. The molecule has 1 N–H and O–H groups in total. The molecule has 0 amide bonds. The summed E-state index contributed by atoms with van der Waals surface area (Å²) in [6.07, 6.45) is 6.83. The van der Waals surface area contributed by atoms with Crippen molar-refractivity contribution in [2.75, 3.05) is 0 Å². The number of rotatable bonds is 2.